The Morgan fingerprint density at radius 1 is 1.12 bits per heavy atom. The van der Waals surface area contributed by atoms with Crippen LogP contribution in [0.4, 0.5) is 0 Å². The Balaban J connectivity index is 1.82. The summed E-state index contributed by atoms with van der Waals surface area (Å²) in [5, 5.41) is 11.3. The van der Waals surface area contributed by atoms with E-state index < -0.39 is 17.7 Å². The van der Waals surface area contributed by atoms with E-state index in [1.165, 1.54) is 4.90 Å². The SMILES string of the molecule is CCOc1cccc(C2C(=C(O)c3ccc4c(c3)OCCO4)C(=O)C(=O)N2CCN(C)C)c1. The molecule has 0 bridgehead atoms. The third-order valence-corrected chi connectivity index (χ3v) is 5.63. The van der Waals surface area contributed by atoms with Crippen LogP contribution in [0.5, 0.6) is 17.2 Å². The fourth-order valence-electron chi connectivity index (χ4n) is 4.05. The molecule has 2 aromatic carbocycles. The summed E-state index contributed by atoms with van der Waals surface area (Å²) in [6, 6.07) is 11.5. The number of rotatable bonds is 7. The maximum atomic E-state index is 13.1. The van der Waals surface area contributed by atoms with Crippen molar-refractivity contribution in [3.8, 4) is 17.2 Å². The van der Waals surface area contributed by atoms with Crippen molar-refractivity contribution in [2.24, 2.45) is 0 Å². The second-order valence-electron chi connectivity index (χ2n) is 8.16. The highest BCUT2D eigenvalue weighted by Crippen LogP contribution is 2.41. The van der Waals surface area contributed by atoms with E-state index in [1.54, 1.807) is 24.3 Å². The Kier molecular flexibility index (Phi) is 6.55. The van der Waals surface area contributed by atoms with E-state index in [-0.39, 0.29) is 11.3 Å². The molecular weight excluding hydrogens is 424 g/mol. The van der Waals surface area contributed by atoms with Crippen LogP contribution >= 0.6 is 0 Å². The number of ether oxygens (including phenoxy) is 3. The van der Waals surface area contributed by atoms with Gasteiger partial charge in [0, 0.05) is 18.7 Å². The Morgan fingerprint density at radius 2 is 1.88 bits per heavy atom. The number of benzene rings is 2. The number of fused-ring (bicyclic) bond motifs is 1. The maximum Gasteiger partial charge on any atom is 0.295 e. The summed E-state index contributed by atoms with van der Waals surface area (Å²) in [6.45, 7) is 4.12. The summed E-state index contributed by atoms with van der Waals surface area (Å²) in [4.78, 5) is 29.6. The van der Waals surface area contributed by atoms with Gasteiger partial charge >= 0.3 is 0 Å². The Bertz CT molecular complexity index is 1090. The Hall–Kier alpha value is -3.52. The minimum absolute atomic E-state index is 0.0454. The third-order valence-electron chi connectivity index (χ3n) is 5.63. The first-order chi connectivity index (χ1) is 15.9. The van der Waals surface area contributed by atoms with Gasteiger partial charge in [0.2, 0.25) is 0 Å². The largest absolute Gasteiger partial charge is 0.507 e. The minimum atomic E-state index is -0.737. The summed E-state index contributed by atoms with van der Waals surface area (Å²) in [5.74, 6) is 0.0972. The average molecular weight is 453 g/mol. The van der Waals surface area contributed by atoms with Gasteiger partial charge in [0.15, 0.2) is 11.5 Å². The van der Waals surface area contributed by atoms with E-state index in [2.05, 4.69) is 0 Å². The molecular formula is C25H28N2O6. The molecule has 1 fully saturated rings. The number of aliphatic hydroxyl groups excluding tert-OH is 1. The molecule has 0 aliphatic carbocycles. The van der Waals surface area contributed by atoms with Crippen LogP contribution in [0.2, 0.25) is 0 Å². The molecule has 8 heteroatoms. The van der Waals surface area contributed by atoms with Gasteiger partial charge in [-0.05, 0) is 56.9 Å². The number of nitrogens with zero attached hydrogens (tertiary/aromatic N) is 2. The molecule has 4 rings (SSSR count). The normalized spacial score (nSPS) is 19.3. The maximum absolute atomic E-state index is 13.1. The number of ketones is 1. The van der Waals surface area contributed by atoms with Crippen molar-refractivity contribution in [1.29, 1.82) is 0 Å². The molecule has 1 N–H and O–H groups in total. The van der Waals surface area contributed by atoms with Crippen LogP contribution < -0.4 is 14.2 Å². The first-order valence-electron chi connectivity index (χ1n) is 11.0. The standard InChI is InChI=1S/C25H28N2O6/c1-4-31-18-7-5-6-16(14-18)22-21(24(29)25(30)27(22)11-10-26(2)3)23(28)17-8-9-19-20(15-17)33-13-12-32-19/h5-9,14-15,22,28H,4,10-13H2,1-3H3. The number of hydrogen-bond acceptors (Lipinski definition) is 7. The smallest absolute Gasteiger partial charge is 0.295 e. The molecule has 1 saturated heterocycles. The van der Waals surface area contributed by atoms with Crippen LogP contribution in [0.25, 0.3) is 5.76 Å². The number of hydrogen-bond donors (Lipinski definition) is 1. The topological polar surface area (TPSA) is 88.5 Å². The van der Waals surface area contributed by atoms with E-state index in [1.807, 2.05) is 44.1 Å². The van der Waals surface area contributed by atoms with E-state index in [4.69, 9.17) is 14.2 Å². The highest BCUT2D eigenvalue weighted by atomic mass is 16.6. The van der Waals surface area contributed by atoms with Gasteiger partial charge in [-0.3, -0.25) is 9.59 Å². The van der Waals surface area contributed by atoms with Gasteiger partial charge in [-0.1, -0.05) is 12.1 Å². The van der Waals surface area contributed by atoms with Crippen molar-refractivity contribution in [2.75, 3.05) is 47.0 Å². The second-order valence-corrected chi connectivity index (χ2v) is 8.16. The lowest BCUT2D eigenvalue weighted by Crippen LogP contribution is -2.35. The van der Waals surface area contributed by atoms with Crippen LogP contribution in [0.3, 0.4) is 0 Å². The lowest BCUT2D eigenvalue weighted by atomic mass is 9.95. The first-order valence-corrected chi connectivity index (χ1v) is 11.0. The zero-order valence-electron chi connectivity index (χ0n) is 19.0. The quantitative estimate of drug-likeness (QED) is 0.393. The molecule has 8 nitrogen and oxygen atoms in total. The lowest BCUT2D eigenvalue weighted by Gasteiger charge is -2.27. The van der Waals surface area contributed by atoms with Gasteiger partial charge in [-0.25, -0.2) is 0 Å². The molecule has 1 unspecified atom stereocenters. The summed E-state index contributed by atoms with van der Waals surface area (Å²) >= 11 is 0. The van der Waals surface area contributed by atoms with Gasteiger partial charge in [0.25, 0.3) is 11.7 Å². The Morgan fingerprint density at radius 3 is 2.61 bits per heavy atom. The van der Waals surface area contributed by atoms with Crippen LogP contribution in [0.15, 0.2) is 48.0 Å². The lowest BCUT2D eigenvalue weighted by molar-refractivity contribution is -0.140. The first kappa shape index (κ1) is 22.7. The summed E-state index contributed by atoms with van der Waals surface area (Å²) < 4.78 is 16.8. The molecule has 174 valence electrons. The predicted molar refractivity (Wildman–Crippen MR) is 123 cm³/mol. The highest BCUT2D eigenvalue weighted by molar-refractivity contribution is 6.46. The molecule has 0 saturated carbocycles. The van der Waals surface area contributed by atoms with Crippen molar-refractivity contribution >= 4 is 17.4 Å². The second kappa shape index (κ2) is 9.54. The van der Waals surface area contributed by atoms with Crippen LogP contribution in [0, 0.1) is 0 Å². The average Bonchev–Trinajstić information content (AvgIpc) is 3.07. The molecule has 0 aromatic heterocycles. The summed E-state index contributed by atoms with van der Waals surface area (Å²) in [6.07, 6.45) is 0. The molecule has 2 aromatic rings. The number of aliphatic hydroxyl groups is 1. The van der Waals surface area contributed by atoms with Gasteiger partial charge in [-0.15, -0.1) is 0 Å². The van der Waals surface area contributed by atoms with Gasteiger partial charge in [-0.2, -0.15) is 0 Å². The number of Topliss-reactive ketones (excluding diaryl/α,β-unsaturated/α-hetero) is 1. The number of likely N-dealkylation sites (tertiary alicyclic amines) is 1. The predicted octanol–water partition coefficient (Wildman–Crippen LogP) is 2.84. The monoisotopic (exact) mass is 452 g/mol. The molecule has 1 atom stereocenters. The number of amides is 1. The molecule has 2 aliphatic heterocycles. The fourth-order valence-corrected chi connectivity index (χ4v) is 4.05. The van der Waals surface area contributed by atoms with Crippen LogP contribution in [0.1, 0.15) is 24.1 Å². The van der Waals surface area contributed by atoms with Crippen molar-refractivity contribution in [3.05, 3.63) is 59.2 Å². The number of carbonyl (C=O) groups is 2. The molecule has 2 heterocycles. The van der Waals surface area contributed by atoms with E-state index in [9.17, 15) is 14.7 Å². The third kappa shape index (κ3) is 4.52. The summed E-state index contributed by atoms with van der Waals surface area (Å²) in [7, 11) is 3.80. The van der Waals surface area contributed by atoms with E-state index in [0.717, 1.165) is 0 Å². The molecule has 0 spiro atoms. The number of carbonyl (C=O) groups excluding carboxylic acids is 2. The molecule has 1 amide bonds. The van der Waals surface area contributed by atoms with Crippen LogP contribution in [-0.4, -0.2) is 73.6 Å². The minimum Gasteiger partial charge on any atom is -0.507 e. The van der Waals surface area contributed by atoms with E-state index in [0.29, 0.717) is 61.3 Å². The molecule has 33 heavy (non-hydrogen) atoms. The summed E-state index contributed by atoms with van der Waals surface area (Å²) in [5.41, 5.74) is 1.12. The van der Waals surface area contributed by atoms with Crippen molar-refractivity contribution in [3.63, 3.8) is 0 Å². The molecule has 0 radical (unpaired) electrons. The van der Waals surface area contributed by atoms with Gasteiger partial charge in [0.1, 0.15) is 24.7 Å². The number of likely N-dealkylation sites (N-methyl/N-ethyl adjacent to an activating group) is 1. The molecule has 2 aliphatic rings. The fraction of sp³-hybridized carbons (Fsp3) is 0.360. The Labute approximate surface area is 193 Å². The van der Waals surface area contributed by atoms with Crippen molar-refractivity contribution in [1.82, 2.24) is 9.80 Å². The zero-order chi connectivity index (χ0) is 23.5. The van der Waals surface area contributed by atoms with Gasteiger partial charge < -0.3 is 29.1 Å². The highest BCUT2D eigenvalue weighted by Gasteiger charge is 2.46. The zero-order valence-corrected chi connectivity index (χ0v) is 19.0. The van der Waals surface area contributed by atoms with Crippen molar-refractivity contribution in [2.45, 2.75) is 13.0 Å². The van der Waals surface area contributed by atoms with Gasteiger partial charge in [0.05, 0.1) is 18.2 Å². The van der Waals surface area contributed by atoms with E-state index >= 15 is 0 Å². The van der Waals surface area contributed by atoms with Crippen LogP contribution in [-0.2, 0) is 9.59 Å². The van der Waals surface area contributed by atoms with Crippen molar-refractivity contribution < 1.29 is 28.9 Å².